The number of aromatic nitrogens is 3. The van der Waals surface area contributed by atoms with Gasteiger partial charge in [0.1, 0.15) is 5.58 Å². The number of para-hydroxylation sites is 1. The molecule has 7 aromatic carbocycles. The van der Waals surface area contributed by atoms with Crippen LogP contribution in [0.2, 0.25) is 0 Å². The molecule has 0 spiro atoms. The first-order valence-corrected chi connectivity index (χ1v) is 18.7. The molecule has 0 saturated heterocycles. The van der Waals surface area contributed by atoms with Crippen molar-refractivity contribution in [2.24, 2.45) is 5.41 Å². The topological polar surface area (TPSA) is 43.9 Å². The Labute approximate surface area is 340 Å². The molecule has 3 aromatic heterocycles. The summed E-state index contributed by atoms with van der Waals surface area (Å²) in [5.41, 5.74) is 10.7. The smallest absolute Gasteiger partial charge is 0.129 e. The molecule has 275 valence electrons. The minimum atomic E-state index is 0. The number of hydrogen-bond acceptors (Lipinski definition) is 3. The number of furan rings is 1. The fourth-order valence-corrected chi connectivity index (χ4v) is 7.47. The first-order chi connectivity index (χ1) is 26.9. The molecule has 0 aliphatic heterocycles. The van der Waals surface area contributed by atoms with Crippen LogP contribution < -0.4 is 0 Å². The molecule has 0 saturated carbocycles. The van der Waals surface area contributed by atoms with Gasteiger partial charge >= 0.3 is 0 Å². The zero-order valence-electron chi connectivity index (χ0n) is 31.5. The van der Waals surface area contributed by atoms with Gasteiger partial charge in [-0.05, 0) is 62.1 Å². The zero-order chi connectivity index (χ0) is 37.4. The van der Waals surface area contributed by atoms with Crippen LogP contribution in [0.1, 0.15) is 26.5 Å². The molecule has 0 fully saturated rings. The van der Waals surface area contributed by atoms with Crippen molar-refractivity contribution < 1.29 is 24.5 Å². The Hall–Kier alpha value is -6.13. The van der Waals surface area contributed by atoms with E-state index in [1.807, 2.05) is 59.4 Å². The van der Waals surface area contributed by atoms with E-state index in [9.17, 15) is 0 Å². The summed E-state index contributed by atoms with van der Waals surface area (Å²) < 4.78 is 8.52. The quantitative estimate of drug-likeness (QED) is 0.128. The summed E-state index contributed by atoms with van der Waals surface area (Å²) >= 11 is 0. The zero-order valence-corrected chi connectivity index (χ0v) is 33.9. The van der Waals surface area contributed by atoms with Crippen molar-refractivity contribution in [1.29, 1.82) is 0 Å². The van der Waals surface area contributed by atoms with E-state index in [0.717, 1.165) is 50.7 Å². The van der Waals surface area contributed by atoms with Gasteiger partial charge in [-0.2, -0.15) is 29.4 Å². The first kappa shape index (κ1) is 36.8. The second kappa shape index (κ2) is 15.5. The van der Waals surface area contributed by atoms with Crippen LogP contribution in [0, 0.1) is 17.5 Å². The Morgan fingerprint density at radius 1 is 0.589 bits per heavy atom. The van der Waals surface area contributed by atoms with Crippen LogP contribution >= 0.6 is 0 Å². The average molecular weight is 902 g/mol. The minimum absolute atomic E-state index is 0. The minimum Gasteiger partial charge on any atom is -0.500 e. The van der Waals surface area contributed by atoms with Gasteiger partial charge in [-0.25, -0.2) is 0 Å². The largest absolute Gasteiger partial charge is 0.500 e. The van der Waals surface area contributed by atoms with Crippen LogP contribution in [0.5, 0.6) is 0 Å². The molecule has 0 unspecified atom stereocenters. The molecule has 0 atom stereocenters. The maximum atomic E-state index is 6.49. The molecule has 10 aromatic rings. The molecular weight excluding hydrogens is 863 g/mol. The molecule has 0 N–H and O–H groups in total. The van der Waals surface area contributed by atoms with Gasteiger partial charge in [0.25, 0.3) is 0 Å². The van der Waals surface area contributed by atoms with E-state index in [1.54, 1.807) is 6.20 Å². The maximum Gasteiger partial charge on any atom is 0.129 e. The third-order valence-corrected chi connectivity index (χ3v) is 10.0. The number of hydrogen-bond donors (Lipinski definition) is 0. The van der Waals surface area contributed by atoms with Gasteiger partial charge in [0.2, 0.25) is 0 Å². The Bertz CT molecular complexity index is 2910. The van der Waals surface area contributed by atoms with Crippen LogP contribution in [-0.2, 0) is 26.5 Å². The normalized spacial score (nSPS) is 11.4. The number of benzene rings is 7. The molecule has 10 rings (SSSR count). The predicted octanol–water partition coefficient (Wildman–Crippen LogP) is 13.3. The van der Waals surface area contributed by atoms with Gasteiger partial charge in [0.15, 0.2) is 0 Å². The van der Waals surface area contributed by atoms with Gasteiger partial charge in [0, 0.05) is 42.6 Å². The summed E-state index contributed by atoms with van der Waals surface area (Å²) in [6, 6.07) is 60.9. The van der Waals surface area contributed by atoms with Gasteiger partial charge in [-0.3, -0.25) is 4.68 Å². The van der Waals surface area contributed by atoms with Gasteiger partial charge in [-0.1, -0.05) is 147 Å². The number of nitrogens with zero attached hydrogens (tertiary/aromatic N) is 3. The van der Waals surface area contributed by atoms with Crippen molar-refractivity contribution in [3.05, 3.63) is 188 Å². The van der Waals surface area contributed by atoms with E-state index in [-0.39, 0.29) is 25.5 Å². The van der Waals surface area contributed by atoms with E-state index >= 15 is 0 Å². The third kappa shape index (κ3) is 7.20. The van der Waals surface area contributed by atoms with Crippen LogP contribution in [0.25, 0.3) is 82.7 Å². The molecule has 56 heavy (non-hydrogen) atoms. The van der Waals surface area contributed by atoms with Crippen molar-refractivity contribution in [2.75, 3.05) is 0 Å². The molecule has 3 heterocycles. The molecular formula is C51H39IrN3O-2. The Kier molecular flexibility index (Phi) is 10.2. The number of pyridine rings is 1. The van der Waals surface area contributed by atoms with E-state index in [4.69, 9.17) is 9.52 Å². The molecule has 4 nitrogen and oxygen atoms in total. The van der Waals surface area contributed by atoms with Crippen LogP contribution in [0.4, 0.5) is 0 Å². The van der Waals surface area contributed by atoms with Crippen molar-refractivity contribution in [1.82, 2.24) is 14.8 Å². The van der Waals surface area contributed by atoms with Gasteiger partial charge in [0.05, 0.1) is 17.5 Å². The van der Waals surface area contributed by atoms with Crippen LogP contribution in [0.15, 0.2) is 175 Å². The van der Waals surface area contributed by atoms with E-state index in [0.29, 0.717) is 0 Å². The molecule has 5 heteroatoms. The fraction of sp³-hybridized carbons (Fsp3) is 0.0980. The van der Waals surface area contributed by atoms with Crippen molar-refractivity contribution in [2.45, 2.75) is 27.2 Å². The predicted molar refractivity (Wildman–Crippen MR) is 227 cm³/mol. The van der Waals surface area contributed by atoms with Crippen molar-refractivity contribution in [3.63, 3.8) is 0 Å². The number of rotatable bonds is 5. The van der Waals surface area contributed by atoms with Gasteiger partial charge < -0.3 is 9.40 Å². The molecule has 0 amide bonds. The summed E-state index contributed by atoms with van der Waals surface area (Å²) in [7, 11) is 0. The monoisotopic (exact) mass is 902 g/mol. The maximum absolute atomic E-state index is 6.49. The summed E-state index contributed by atoms with van der Waals surface area (Å²) in [4.78, 5) is 4.49. The average Bonchev–Trinajstić information content (AvgIpc) is 3.83. The summed E-state index contributed by atoms with van der Waals surface area (Å²) in [5, 5.41) is 11.7. The third-order valence-electron chi connectivity index (χ3n) is 10.0. The summed E-state index contributed by atoms with van der Waals surface area (Å²) in [6.45, 7) is 6.80. The first-order valence-electron chi connectivity index (χ1n) is 18.7. The number of fused-ring (bicyclic) bond motifs is 7. The van der Waals surface area contributed by atoms with E-state index in [1.165, 1.54) is 44.1 Å². The Morgan fingerprint density at radius 2 is 1.29 bits per heavy atom. The van der Waals surface area contributed by atoms with Gasteiger partial charge in [-0.15, -0.1) is 24.3 Å². The molecule has 0 bridgehead atoms. The van der Waals surface area contributed by atoms with Crippen LogP contribution in [-0.4, -0.2) is 14.8 Å². The Morgan fingerprint density at radius 3 is 2.05 bits per heavy atom. The van der Waals surface area contributed by atoms with E-state index < -0.39 is 0 Å². The second-order valence-electron chi connectivity index (χ2n) is 15.1. The van der Waals surface area contributed by atoms with Crippen molar-refractivity contribution >= 4 is 43.5 Å². The van der Waals surface area contributed by atoms with E-state index in [2.05, 4.69) is 147 Å². The van der Waals surface area contributed by atoms with Crippen LogP contribution in [0.3, 0.4) is 0 Å². The Balaban J connectivity index is 0.000000155. The summed E-state index contributed by atoms with van der Waals surface area (Å²) in [5.74, 6) is 0. The molecule has 0 aliphatic carbocycles. The standard InChI is InChI=1S/C26H25N2.C25H14NO.Ir/c1-26(2,3)18-25-24(19-27-28(25)23-12-8-5-9-13-23)22-16-14-21(15-17-22)20-10-6-4-7-11-20;1-2-7-18-16(6-1)11-12-17-13-14-20-19-8-5-9-21(22-10-3-4-15-26-22)24(19)27-25(20)23(17)18;/h4-12,14-17,19H,18H2,1-3H3;1-8,10-15H;/q2*-1;. The fourth-order valence-electron chi connectivity index (χ4n) is 7.47. The summed E-state index contributed by atoms with van der Waals surface area (Å²) in [6.07, 6.45) is 4.72. The second-order valence-corrected chi connectivity index (χ2v) is 15.1. The molecule has 1 radical (unpaired) electrons. The molecule has 0 aliphatic rings. The SMILES string of the molecule is CC(C)(C)Cc1c(-c2ccc(-c3ccccc3)cc2)cnn1-c1[c-]cccc1.[Ir].[c-]1ccc2c(oc3c2ccc2ccc4ccccc4c23)c1-c1ccccn1. The van der Waals surface area contributed by atoms with Crippen molar-refractivity contribution in [3.8, 4) is 39.2 Å².